The SMILES string of the molecule is FC1(F)C=C[C@@]1(F)I. The lowest BCUT2D eigenvalue weighted by Crippen LogP contribution is -2.42. The van der Waals surface area contributed by atoms with Crippen molar-refractivity contribution in [3.8, 4) is 0 Å². The predicted octanol–water partition coefficient (Wildman–Crippen LogP) is 2.29. The molecule has 0 nitrogen and oxygen atoms in total. The van der Waals surface area contributed by atoms with E-state index in [0.717, 1.165) is 28.7 Å². The Labute approximate surface area is 57.9 Å². The molecule has 0 saturated heterocycles. The Kier molecular flexibility index (Phi) is 1.12. The van der Waals surface area contributed by atoms with E-state index in [2.05, 4.69) is 0 Å². The Morgan fingerprint density at radius 2 is 1.50 bits per heavy atom. The van der Waals surface area contributed by atoms with E-state index in [0.29, 0.717) is 6.08 Å². The van der Waals surface area contributed by atoms with Crippen molar-refractivity contribution in [2.75, 3.05) is 0 Å². The summed E-state index contributed by atoms with van der Waals surface area (Å²) < 4.78 is 33.4. The molecule has 0 aromatic heterocycles. The minimum Gasteiger partial charge on any atom is -0.221 e. The summed E-state index contributed by atoms with van der Waals surface area (Å²) in [6.45, 7) is 0. The molecule has 0 heterocycles. The van der Waals surface area contributed by atoms with Gasteiger partial charge < -0.3 is 0 Å². The zero-order valence-corrected chi connectivity index (χ0v) is 5.82. The molecule has 4 heteroatoms. The maximum Gasteiger partial charge on any atom is 0.312 e. The van der Waals surface area contributed by atoms with Gasteiger partial charge in [0.1, 0.15) is 0 Å². The molecule has 0 aliphatic heterocycles. The van der Waals surface area contributed by atoms with Crippen LogP contribution in [0.15, 0.2) is 12.2 Å². The number of alkyl halides is 4. The monoisotopic (exact) mass is 234 g/mol. The second kappa shape index (κ2) is 1.40. The smallest absolute Gasteiger partial charge is 0.221 e. The third kappa shape index (κ3) is 0.655. The van der Waals surface area contributed by atoms with Crippen molar-refractivity contribution in [1.29, 1.82) is 0 Å². The summed E-state index contributed by atoms with van der Waals surface area (Å²) in [4.78, 5) is 0. The maximum absolute atomic E-state index is 12.1. The number of hydrogen-bond donors (Lipinski definition) is 0. The van der Waals surface area contributed by atoms with Crippen LogP contribution in [0.25, 0.3) is 0 Å². The van der Waals surface area contributed by atoms with Crippen molar-refractivity contribution in [2.45, 2.75) is 9.60 Å². The Bertz CT molecular complexity index is 122. The first-order chi connectivity index (χ1) is 3.46. The van der Waals surface area contributed by atoms with Gasteiger partial charge in [-0.25, -0.2) is 4.39 Å². The second-order valence-corrected chi connectivity index (χ2v) is 3.15. The topological polar surface area (TPSA) is 0 Å². The first-order valence-corrected chi connectivity index (χ1v) is 3.00. The summed E-state index contributed by atoms with van der Waals surface area (Å²) in [5.74, 6) is -3.24. The van der Waals surface area contributed by atoms with Gasteiger partial charge in [-0.2, -0.15) is 8.78 Å². The van der Waals surface area contributed by atoms with E-state index in [1.165, 1.54) is 0 Å². The van der Waals surface area contributed by atoms with Gasteiger partial charge in [0.25, 0.3) is 0 Å². The van der Waals surface area contributed by atoms with Gasteiger partial charge in [-0.05, 0) is 34.7 Å². The average molecular weight is 234 g/mol. The molecule has 0 fully saturated rings. The molecular formula is C4H2F3I. The van der Waals surface area contributed by atoms with E-state index in [-0.39, 0.29) is 0 Å². The standard InChI is InChI=1S/C4H2F3I/c5-3(6)1-2-4(3,7)8/h1-2H/t4-/m1/s1. The van der Waals surface area contributed by atoms with Gasteiger partial charge in [-0.3, -0.25) is 0 Å². The van der Waals surface area contributed by atoms with Crippen LogP contribution in [0.4, 0.5) is 13.2 Å². The summed E-state index contributed by atoms with van der Waals surface area (Å²) >= 11 is 1.07. The van der Waals surface area contributed by atoms with Gasteiger partial charge >= 0.3 is 5.92 Å². The predicted molar refractivity (Wildman–Crippen MR) is 31.9 cm³/mol. The Morgan fingerprint density at radius 3 is 1.50 bits per heavy atom. The number of halogens is 4. The summed E-state index contributed by atoms with van der Waals surface area (Å²) in [7, 11) is 0. The summed E-state index contributed by atoms with van der Waals surface area (Å²) in [5, 5.41) is 0. The fourth-order valence-electron chi connectivity index (χ4n) is 0.335. The van der Waals surface area contributed by atoms with Crippen LogP contribution in [0, 0.1) is 0 Å². The van der Waals surface area contributed by atoms with E-state index < -0.39 is 9.60 Å². The number of rotatable bonds is 0. The van der Waals surface area contributed by atoms with Gasteiger partial charge in [-0.1, -0.05) is 0 Å². The zero-order chi connectivity index (χ0) is 6.41. The molecule has 0 aromatic carbocycles. The zero-order valence-electron chi connectivity index (χ0n) is 3.67. The maximum atomic E-state index is 12.1. The first-order valence-electron chi connectivity index (χ1n) is 1.92. The molecule has 0 spiro atoms. The minimum absolute atomic E-state index is 0.555. The van der Waals surface area contributed by atoms with Crippen LogP contribution >= 0.6 is 22.6 Å². The second-order valence-electron chi connectivity index (χ2n) is 1.58. The molecule has 0 unspecified atom stereocenters. The van der Waals surface area contributed by atoms with Crippen molar-refractivity contribution in [3.05, 3.63) is 12.2 Å². The summed E-state index contributed by atoms with van der Waals surface area (Å²) in [6.07, 6.45) is 1.40. The van der Waals surface area contributed by atoms with Crippen LogP contribution in [0.2, 0.25) is 0 Å². The molecular weight excluding hydrogens is 232 g/mol. The van der Waals surface area contributed by atoms with Crippen LogP contribution in [0.5, 0.6) is 0 Å². The van der Waals surface area contributed by atoms with Crippen LogP contribution in [0.1, 0.15) is 0 Å². The fourth-order valence-corrected chi connectivity index (χ4v) is 0.695. The lowest BCUT2D eigenvalue weighted by molar-refractivity contribution is -0.0370. The minimum atomic E-state index is -3.24. The molecule has 0 radical (unpaired) electrons. The third-order valence-electron chi connectivity index (χ3n) is 0.946. The van der Waals surface area contributed by atoms with Crippen LogP contribution < -0.4 is 0 Å². The van der Waals surface area contributed by atoms with Crippen molar-refractivity contribution >= 4 is 22.6 Å². The van der Waals surface area contributed by atoms with E-state index in [4.69, 9.17) is 0 Å². The average Bonchev–Trinajstić information content (AvgIpc) is 1.64. The quantitative estimate of drug-likeness (QED) is 0.342. The molecule has 1 rings (SSSR count). The highest BCUT2D eigenvalue weighted by Gasteiger charge is 2.56. The summed E-state index contributed by atoms with van der Waals surface area (Å²) in [6, 6.07) is 0. The number of hydrogen-bond acceptors (Lipinski definition) is 0. The Morgan fingerprint density at radius 1 is 1.12 bits per heavy atom. The van der Waals surface area contributed by atoms with Crippen LogP contribution in [0.3, 0.4) is 0 Å². The van der Waals surface area contributed by atoms with Crippen LogP contribution in [-0.4, -0.2) is 9.60 Å². The highest BCUT2D eigenvalue weighted by Crippen LogP contribution is 2.47. The van der Waals surface area contributed by atoms with Gasteiger partial charge in [0.05, 0.1) is 0 Å². The Hall–Kier alpha value is 0.260. The van der Waals surface area contributed by atoms with Gasteiger partial charge in [-0.15, -0.1) is 0 Å². The van der Waals surface area contributed by atoms with Crippen molar-refractivity contribution in [1.82, 2.24) is 0 Å². The van der Waals surface area contributed by atoms with E-state index in [1.54, 1.807) is 0 Å². The number of allylic oxidation sites excluding steroid dienone is 2. The highest BCUT2D eigenvalue weighted by atomic mass is 127. The normalized spacial score (nSPS) is 41.5. The molecule has 0 N–H and O–H groups in total. The molecule has 1 atom stereocenters. The van der Waals surface area contributed by atoms with Crippen molar-refractivity contribution < 1.29 is 13.2 Å². The van der Waals surface area contributed by atoms with Crippen LogP contribution in [-0.2, 0) is 0 Å². The largest absolute Gasteiger partial charge is 0.312 e. The van der Waals surface area contributed by atoms with Gasteiger partial charge in [0, 0.05) is 0 Å². The van der Waals surface area contributed by atoms with Gasteiger partial charge in [0.15, 0.2) is 0 Å². The fraction of sp³-hybridized carbons (Fsp3) is 0.500. The molecule has 46 valence electrons. The molecule has 1 aliphatic rings. The molecule has 0 aromatic rings. The van der Waals surface area contributed by atoms with E-state index in [1.807, 2.05) is 0 Å². The van der Waals surface area contributed by atoms with Crippen molar-refractivity contribution in [3.63, 3.8) is 0 Å². The molecule has 0 amide bonds. The highest BCUT2D eigenvalue weighted by molar-refractivity contribution is 14.1. The summed E-state index contributed by atoms with van der Waals surface area (Å²) in [5.41, 5.74) is 0. The van der Waals surface area contributed by atoms with E-state index >= 15 is 0 Å². The molecule has 0 bridgehead atoms. The lowest BCUT2D eigenvalue weighted by Gasteiger charge is -2.29. The molecule has 0 saturated carbocycles. The van der Waals surface area contributed by atoms with Gasteiger partial charge in [0.2, 0.25) is 3.68 Å². The molecule has 8 heavy (non-hydrogen) atoms. The third-order valence-corrected chi connectivity index (χ3v) is 2.03. The molecule has 1 aliphatic carbocycles. The Balaban J connectivity index is 2.82. The van der Waals surface area contributed by atoms with Crippen molar-refractivity contribution in [2.24, 2.45) is 0 Å². The van der Waals surface area contributed by atoms with E-state index in [9.17, 15) is 13.2 Å². The first kappa shape index (κ1) is 6.38. The lowest BCUT2D eigenvalue weighted by atomic mass is 10.0.